The summed E-state index contributed by atoms with van der Waals surface area (Å²) in [4.78, 5) is 2.34. The zero-order valence-corrected chi connectivity index (χ0v) is 15.9. The van der Waals surface area contributed by atoms with Gasteiger partial charge in [-0.3, -0.25) is 10.00 Å². The van der Waals surface area contributed by atoms with E-state index in [0.717, 1.165) is 36.6 Å². The first-order valence-electron chi connectivity index (χ1n) is 9.46. The summed E-state index contributed by atoms with van der Waals surface area (Å²) in [6.45, 7) is 5.91. The molecule has 0 unspecified atom stereocenters. The molecule has 136 valence electrons. The lowest BCUT2D eigenvalue weighted by molar-refractivity contribution is 0.313. The van der Waals surface area contributed by atoms with Crippen LogP contribution in [0.25, 0.3) is 5.69 Å². The summed E-state index contributed by atoms with van der Waals surface area (Å²) in [5.74, 6) is 0. The van der Waals surface area contributed by atoms with E-state index >= 15 is 0 Å². The van der Waals surface area contributed by atoms with Crippen molar-refractivity contribution in [3.8, 4) is 5.69 Å². The van der Waals surface area contributed by atoms with Gasteiger partial charge in [-0.1, -0.05) is 12.1 Å². The number of H-pyrrole nitrogens is 1. The number of hydrogen-bond donors (Lipinski definition) is 1. The highest BCUT2D eigenvalue weighted by Gasteiger charge is 2.17. The van der Waals surface area contributed by atoms with Crippen LogP contribution in [0.3, 0.4) is 0 Å². The van der Waals surface area contributed by atoms with Crippen molar-refractivity contribution in [3.05, 3.63) is 64.2 Å². The number of benzene rings is 1. The molecule has 0 spiro atoms. The van der Waals surface area contributed by atoms with Crippen LogP contribution in [-0.4, -0.2) is 31.9 Å². The van der Waals surface area contributed by atoms with Crippen molar-refractivity contribution >= 4 is 0 Å². The quantitative estimate of drug-likeness (QED) is 0.764. The molecule has 1 aliphatic rings. The second kappa shape index (κ2) is 7.08. The number of fused-ring (bicyclic) bond motifs is 1. The first kappa shape index (κ1) is 17.0. The largest absolute Gasteiger partial charge is 0.296 e. The molecule has 0 radical (unpaired) electrons. The van der Waals surface area contributed by atoms with E-state index in [1.807, 2.05) is 11.6 Å². The molecule has 3 aromatic rings. The third-order valence-corrected chi connectivity index (χ3v) is 5.18. The van der Waals surface area contributed by atoms with Crippen molar-refractivity contribution in [1.29, 1.82) is 0 Å². The molecule has 0 fully saturated rings. The Morgan fingerprint density at radius 2 is 1.96 bits per heavy atom. The Bertz CT molecular complexity index is 905. The van der Waals surface area contributed by atoms with Gasteiger partial charge in [0.15, 0.2) is 0 Å². The van der Waals surface area contributed by atoms with Crippen molar-refractivity contribution in [1.82, 2.24) is 24.9 Å². The van der Waals surface area contributed by atoms with Crippen LogP contribution >= 0.6 is 0 Å². The van der Waals surface area contributed by atoms with Crippen molar-refractivity contribution in [2.75, 3.05) is 7.05 Å². The van der Waals surface area contributed by atoms with Gasteiger partial charge in [-0.25, -0.2) is 4.68 Å². The Labute approximate surface area is 155 Å². The van der Waals surface area contributed by atoms with Crippen LogP contribution in [-0.2, 0) is 25.9 Å². The molecule has 2 heterocycles. The predicted molar refractivity (Wildman–Crippen MR) is 103 cm³/mol. The Balaban J connectivity index is 1.48. The van der Waals surface area contributed by atoms with Crippen LogP contribution in [0.4, 0.5) is 0 Å². The van der Waals surface area contributed by atoms with Gasteiger partial charge in [0.25, 0.3) is 0 Å². The topological polar surface area (TPSA) is 49.7 Å². The van der Waals surface area contributed by atoms with Crippen molar-refractivity contribution in [2.45, 2.75) is 52.6 Å². The Kier molecular flexibility index (Phi) is 4.64. The van der Waals surface area contributed by atoms with Gasteiger partial charge in [0.1, 0.15) is 0 Å². The number of aromatic nitrogens is 4. The zero-order valence-electron chi connectivity index (χ0n) is 15.9. The lowest BCUT2D eigenvalue weighted by atomic mass is 9.96. The standard InChI is InChI=1S/C21H27N5/c1-15-11-16(2)26(24-15)18-8-6-7-17(12-18)13-25(3)14-21-19-9-4-5-10-20(19)22-23-21/h6-8,11-12H,4-5,9-10,13-14H2,1-3H3,(H,22,23). The molecule has 5 nitrogen and oxygen atoms in total. The second-order valence-electron chi connectivity index (χ2n) is 7.52. The summed E-state index contributed by atoms with van der Waals surface area (Å²) in [5.41, 5.74) is 8.66. The van der Waals surface area contributed by atoms with E-state index < -0.39 is 0 Å². The van der Waals surface area contributed by atoms with Gasteiger partial charge in [-0.15, -0.1) is 0 Å². The monoisotopic (exact) mass is 349 g/mol. The van der Waals surface area contributed by atoms with Gasteiger partial charge in [0, 0.05) is 24.5 Å². The average Bonchev–Trinajstić information content (AvgIpc) is 3.18. The minimum Gasteiger partial charge on any atom is -0.296 e. The summed E-state index contributed by atoms with van der Waals surface area (Å²) in [6, 6.07) is 10.8. The molecule has 0 aliphatic heterocycles. The average molecular weight is 349 g/mol. The maximum absolute atomic E-state index is 4.60. The molecule has 26 heavy (non-hydrogen) atoms. The van der Waals surface area contributed by atoms with Crippen LogP contribution in [0.5, 0.6) is 0 Å². The number of nitrogens with zero attached hydrogens (tertiary/aromatic N) is 4. The number of aryl methyl sites for hydroxylation is 3. The van der Waals surface area contributed by atoms with Crippen molar-refractivity contribution < 1.29 is 0 Å². The Morgan fingerprint density at radius 3 is 2.77 bits per heavy atom. The van der Waals surface area contributed by atoms with Gasteiger partial charge >= 0.3 is 0 Å². The molecule has 0 amide bonds. The highest BCUT2D eigenvalue weighted by molar-refractivity contribution is 5.37. The lowest BCUT2D eigenvalue weighted by Gasteiger charge is -2.18. The zero-order chi connectivity index (χ0) is 18.1. The maximum Gasteiger partial charge on any atom is 0.0797 e. The van der Waals surface area contributed by atoms with Crippen molar-refractivity contribution in [3.63, 3.8) is 0 Å². The van der Waals surface area contributed by atoms with Gasteiger partial charge in [-0.2, -0.15) is 10.2 Å². The van der Waals surface area contributed by atoms with Crippen LogP contribution < -0.4 is 0 Å². The van der Waals surface area contributed by atoms with Crippen LogP contribution in [0.15, 0.2) is 30.3 Å². The van der Waals surface area contributed by atoms with E-state index in [1.54, 1.807) is 0 Å². The molecule has 4 rings (SSSR count). The molecule has 1 aliphatic carbocycles. The summed E-state index contributed by atoms with van der Waals surface area (Å²) < 4.78 is 2.02. The molecule has 0 saturated heterocycles. The first-order valence-corrected chi connectivity index (χ1v) is 9.46. The predicted octanol–water partition coefficient (Wildman–Crippen LogP) is 3.72. The first-order chi connectivity index (χ1) is 12.6. The lowest BCUT2D eigenvalue weighted by Crippen LogP contribution is -2.19. The minimum absolute atomic E-state index is 0.885. The normalized spacial score (nSPS) is 14.0. The van der Waals surface area contributed by atoms with Gasteiger partial charge in [0.05, 0.1) is 17.1 Å². The number of aromatic amines is 1. The third-order valence-electron chi connectivity index (χ3n) is 5.18. The van der Waals surface area contributed by atoms with Crippen LogP contribution in [0.2, 0.25) is 0 Å². The fourth-order valence-electron chi connectivity index (χ4n) is 3.98. The Hall–Kier alpha value is -2.40. The van der Waals surface area contributed by atoms with E-state index in [9.17, 15) is 0 Å². The van der Waals surface area contributed by atoms with Crippen LogP contribution in [0.1, 0.15) is 46.7 Å². The van der Waals surface area contributed by atoms with Crippen LogP contribution in [0, 0.1) is 13.8 Å². The van der Waals surface area contributed by atoms with E-state index in [1.165, 1.54) is 41.8 Å². The number of nitrogens with one attached hydrogen (secondary N) is 1. The van der Waals surface area contributed by atoms with Gasteiger partial charge in [-0.05, 0) is 75.9 Å². The van der Waals surface area contributed by atoms with E-state index in [4.69, 9.17) is 0 Å². The van der Waals surface area contributed by atoms with E-state index in [2.05, 4.69) is 64.5 Å². The molecule has 1 N–H and O–H groups in total. The van der Waals surface area contributed by atoms with Gasteiger partial charge in [0.2, 0.25) is 0 Å². The molecule has 0 saturated carbocycles. The fourth-order valence-corrected chi connectivity index (χ4v) is 3.98. The molecule has 1 aromatic carbocycles. The molecular formula is C21H27N5. The van der Waals surface area contributed by atoms with E-state index in [0.29, 0.717) is 0 Å². The SMILES string of the molecule is Cc1cc(C)n(-c2cccc(CN(C)Cc3n[nH]c4c3CCCC4)c2)n1. The minimum atomic E-state index is 0.885. The number of rotatable bonds is 5. The summed E-state index contributed by atoms with van der Waals surface area (Å²) in [5, 5.41) is 12.4. The highest BCUT2D eigenvalue weighted by atomic mass is 15.3. The van der Waals surface area contributed by atoms with Crippen molar-refractivity contribution in [2.24, 2.45) is 0 Å². The number of hydrogen-bond acceptors (Lipinski definition) is 3. The molecular weight excluding hydrogens is 322 g/mol. The summed E-state index contributed by atoms with van der Waals surface area (Å²) >= 11 is 0. The molecule has 0 bridgehead atoms. The molecule has 2 aromatic heterocycles. The third kappa shape index (κ3) is 3.44. The van der Waals surface area contributed by atoms with Gasteiger partial charge < -0.3 is 0 Å². The second-order valence-corrected chi connectivity index (χ2v) is 7.52. The smallest absolute Gasteiger partial charge is 0.0797 e. The Morgan fingerprint density at radius 1 is 1.12 bits per heavy atom. The molecule has 0 atom stereocenters. The summed E-state index contributed by atoms with van der Waals surface area (Å²) in [7, 11) is 2.17. The summed E-state index contributed by atoms with van der Waals surface area (Å²) in [6.07, 6.45) is 4.89. The molecule has 5 heteroatoms. The fraction of sp³-hybridized carbons (Fsp3) is 0.429. The van der Waals surface area contributed by atoms with E-state index in [-0.39, 0.29) is 0 Å². The maximum atomic E-state index is 4.60. The highest BCUT2D eigenvalue weighted by Crippen LogP contribution is 2.23.